The second kappa shape index (κ2) is 10.9. The molecule has 218 valence electrons. The van der Waals surface area contributed by atoms with Crippen LogP contribution >= 0.6 is 0 Å². The maximum Gasteiger partial charge on any atom is 0.416 e. The number of benzene rings is 3. The fourth-order valence-electron chi connectivity index (χ4n) is 5.54. The summed E-state index contributed by atoms with van der Waals surface area (Å²) < 4.78 is 59.8. The van der Waals surface area contributed by atoms with Crippen LogP contribution in [0.2, 0.25) is 0 Å². The van der Waals surface area contributed by atoms with Crippen LogP contribution < -0.4 is 14.2 Å². The fourth-order valence-corrected chi connectivity index (χ4v) is 5.54. The molecule has 2 atom stereocenters. The van der Waals surface area contributed by atoms with E-state index in [2.05, 4.69) is 0 Å². The number of hydrogen-bond donors (Lipinski definition) is 2. The highest BCUT2D eigenvalue weighted by molar-refractivity contribution is 5.74. The van der Waals surface area contributed by atoms with Crippen LogP contribution in [0.1, 0.15) is 72.9 Å². The third-order valence-corrected chi connectivity index (χ3v) is 7.65. The second-order valence-electron chi connectivity index (χ2n) is 11.4. The molecule has 3 aromatic carbocycles. The Morgan fingerprint density at radius 3 is 2.46 bits per heavy atom. The largest absolute Gasteiger partial charge is 0.493 e. The number of fused-ring (bicyclic) bond motifs is 2. The van der Waals surface area contributed by atoms with Crippen LogP contribution in [0.25, 0.3) is 11.1 Å². The first kappa shape index (κ1) is 28.8. The summed E-state index contributed by atoms with van der Waals surface area (Å²) in [5, 5.41) is 19.0. The number of alkyl halides is 3. The summed E-state index contributed by atoms with van der Waals surface area (Å²) in [6, 6.07) is 12.9. The molecule has 2 aliphatic rings. The number of hydrogen-bond acceptors (Lipinski definition) is 5. The number of aryl methyl sites for hydroxylation is 1. The van der Waals surface area contributed by atoms with Crippen molar-refractivity contribution in [2.24, 2.45) is 0 Å². The van der Waals surface area contributed by atoms with Gasteiger partial charge in [-0.3, -0.25) is 4.79 Å². The smallest absolute Gasteiger partial charge is 0.416 e. The molecule has 1 heterocycles. The molecule has 0 fully saturated rings. The minimum atomic E-state index is -4.54. The highest BCUT2D eigenvalue weighted by atomic mass is 19.4. The Hall–Kier alpha value is -3.72. The molecule has 0 unspecified atom stereocenters. The standard InChI is InChI=1S/C32H33F3O6/c1-18-12-21(39-11-10-31(2,3)38)4-6-23(18)26-14-20(32(33,34)35)15-27-25(26)8-9-28(27)41-22-5-7-24-19(13-30(36)37)17-40-29(24)16-22/h4-7,12,14-16,19,28,38H,8-11,13,17H2,1-3H3,(H,36,37)/t19-,28-/m1/s1. The zero-order chi connectivity index (χ0) is 29.5. The summed E-state index contributed by atoms with van der Waals surface area (Å²) in [7, 11) is 0. The van der Waals surface area contributed by atoms with Crippen molar-refractivity contribution in [2.75, 3.05) is 13.2 Å². The molecule has 0 amide bonds. The van der Waals surface area contributed by atoms with Crippen LogP contribution in [0, 0.1) is 6.92 Å². The maximum absolute atomic E-state index is 14.0. The lowest BCUT2D eigenvalue weighted by molar-refractivity contribution is -0.138. The molecule has 41 heavy (non-hydrogen) atoms. The zero-order valence-corrected chi connectivity index (χ0v) is 23.2. The minimum absolute atomic E-state index is 0.0421. The predicted molar refractivity (Wildman–Crippen MR) is 147 cm³/mol. The van der Waals surface area contributed by atoms with Gasteiger partial charge in [0.05, 0.1) is 30.8 Å². The highest BCUT2D eigenvalue weighted by Gasteiger charge is 2.36. The Bertz CT molecular complexity index is 1460. The summed E-state index contributed by atoms with van der Waals surface area (Å²) in [5.41, 5.74) is 2.51. The Kier molecular flexibility index (Phi) is 7.68. The van der Waals surface area contributed by atoms with Gasteiger partial charge in [-0.05, 0) is 91.8 Å². The molecule has 0 radical (unpaired) electrons. The topological polar surface area (TPSA) is 85.2 Å². The van der Waals surface area contributed by atoms with Crippen LogP contribution in [0.4, 0.5) is 13.2 Å². The van der Waals surface area contributed by atoms with Crippen molar-refractivity contribution in [2.45, 2.75) is 70.3 Å². The zero-order valence-electron chi connectivity index (χ0n) is 23.2. The van der Waals surface area contributed by atoms with Gasteiger partial charge < -0.3 is 24.4 Å². The fraction of sp³-hybridized carbons (Fsp3) is 0.406. The monoisotopic (exact) mass is 570 g/mol. The molecule has 0 aromatic heterocycles. The van der Waals surface area contributed by atoms with Crippen molar-refractivity contribution in [1.29, 1.82) is 0 Å². The number of halogens is 3. The first-order valence-electron chi connectivity index (χ1n) is 13.6. The molecule has 0 saturated carbocycles. The number of carboxylic acid groups (broad SMARTS) is 1. The maximum atomic E-state index is 14.0. The molecular weight excluding hydrogens is 537 g/mol. The van der Waals surface area contributed by atoms with Crippen molar-refractivity contribution in [3.05, 3.63) is 76.3 Å². The first-order valence-corrected chi connectivity index (χ1v) is 13.6. The molecule has 1 aliphatic carbocycles. The average molecular weight is 571 g/mol. The number of rotatable bonds is 9. The molecule has 1 aliphatic heterocycles. The van der Waals surface area contributed by atoms with Gasteiger partial charge in [0.1, 0.15) is 23.4 Å². The third kappa shape index (κ3) is 6.45. The Morgan fingerprint density at radius 1 is 1.02 bits per heavy atom. The van der Waals surface area contributed by atoms with Crippen LogP contribution in [-0.2, 0) is 17.4 Å². The van der Waals surface area contributed by atoms with E-state index in [-0.39, 0.29) is 18.9 Å². The van der Waals surface area contributed by atoms with Crippen LogP contribution in [0.15, 0.2) is 48.5 Å². The van der Waals surface area contributed by atoms with E-state index >= 15 is 0 Å². The SMILES string of the molecule is Cc1cc(OCCC(C)(C)O)ccc1-c1cc(C(F)(F)F)cc2c1CC[C@H]2Oc1ccc2c(c1)OC[C@H]2CC(=O)O. The minimum Gasteiger partial charge on any atom is -0.493 e. The number of ether oxygens (including phenoxy) is 3. The van der Waals surface area contributed by atoms with E-state index < -0.39 is 29.4 Å². The van der Waals surface area contributed by atoms with Crippen LogP contribution in [-0.4, -0.2) is 35.0 Å². The number of aliphatic hydroxyl groups is 1. The van der Waals surface area contributed by atoms with Gasteiger partial charge in [-0.1, -0.05) is 12.1 Å². The van der Waals surface area contributed by atoms with E-state index in [9.17, 15) is 23.1 Å². The molecule has 6 nitrogen and oxygen atoms in total. The lowest BCUT2D eigenvalue weighted by atomic mass is 9.91. The third-order valence-electron chi connectivity index (χ3n) is 7.65. The highest BCUT2D eigenvalue weighted by Crippen LogP contribution is 2.46. The van der Waals surface area contributed by atoms with Gasteiger partial charge in [0, 0.05) is 24.0 Å². The van der Waals surface area contributed by atoms with Gasteiger partial charge in [-0.2, -0.15) is 13.2 Å². The summed E-state index contributed by atoms with van der Waals surface area (Å²) >= 11 is 0. The average Bonchev–Trinajstić information content (AvgIpc) is 3.46. The van der Waals surface area contributed by atoms with Gasteiger partial charge in [-0.15, -0.1) is 0 Å². The van der Waals surface area contributed by atoms with E-state index in [0.29, 0.717) is 59.8 Å². The molecule has 0 saturated heterocycles. The van der Waals surface area contributed by atoms with E-state index in [1.54, 1.807) is 50.2 Å². The van der Waals surface area contributed by atoms with Crippen molar-refractivity contribution in [1.82, 2.24) is 0 Å². The molecule has 0 spiro atoms. The Morgan fingerprint density at radius 2 is 1.78 bits per heavy atom. The second-order valence-corrected chi connectivity index (χ2v) is 11.4. The van der Waals surface area contributed by atoms with Crippen molar-refractivity contribution in [3.63, 3.8) is 0 Å². The first-order chi connectivity index (χ1) is 19.3. The molecule has 9 heteroatoms. The lowest BCUT2D eigenvalue weighted by Gasteiger charge is -2.20. The summed E-state index contributed by atoms with van der Waals surface area (Å²) in [6.07, 6.45) is -3.65. The number of carbonyl (C=O) groups is 1. The summed E-state index contributed by atoms with van der Waals surface area (Å²) in [5.74, 6) is 0.429. The van der Waals surface area contributed by atoms with E-state index in [0.717, 1.165) is 16.7 Å². The van der Waals surface area contributed by atoms with Gasteiger partial charge >= 0.3 is 12.1 Å². The van der Waals surface area contributed by atoms with Crippen molar-refractivity contribution in [3.8, 4) is 28.4 Å². The molecule has 0 bridgehead atoms. The number of carboxylic acids is 1. The Balaban J connectivity index is 1.43. The van der Waals surface area contributed by atoms with E-state index in [1.807, 2.05) is 6.92 Å². The van der Waals surface area contributed by atoms with Crippen molar-refractivity contribution < 1.29 is 42.4 Å². The quantitative estimate of drug-likeness (QED) is 0.282. The Labute approximate surface area is 236 Å². The number of aliphatic carboxylic acids is 1. The molecule has 3 aromatic rings. The molecular formula is C32H33F3O6. The van der Waals surface area contributed by atoms with Gasteiger partial charge in [0.25, 0.3) is 0 Å². The van der Waals surface area contributed by atoms with E-state index in [1.165, 1.54) is 12.1 Å². The van der Waals surface area contributed by atoms with Gasteiger partial charge in [0.15, 0.2) is 0 Å². The summed E-state index contributed by atoms with van der Waals surface area (Å²) in [6.45, 7) is 5.82. The van der Waals surface area contributed by atoms with Crippen LogP contribution in [0.3, 0.4) is 0 Å². The molecule has 5 rings (SSSR count). The van der Waals surface area contributed by atoms with Crippen LogP contribution in [0.5, 0.6) is 17.2 Å². The molecule has 2 N–H and O–H groups in total. The van der Waals surface area contributed by atoms with E-state index in [4.69, 9.17) is 19.3 Å². The van der Waals surface area contributed by atoms with Crippen molar-refractivity contribution >= 4 is 5.97 Å². The summed E-state index contributed by atoms with van der Waals surface area (Å²) in [4.78, 5) is 11.1. The van der Waals surface area contributed by atoms with Gasteiger partial charge in [0.2, 0.25) is 0 Å². The lowest BCUT2D eigenvalue weighted by Crippen LogP contribution is -2.21. The normalized spacial score (nSPS) is 18.0. The van der Waals surface area contributed by atoms with Gasteiger partial charge in [-0.25, -0.2) is 0 Å². The predicted octanol–water partition coefficient (Wildman–Crippen LogP) is 7.24.